The van der Waals surface area contributed by atoms with Gasteiger partial charge in [0.05, 0.1) is 18.3 Å². The zero-order chi connectivity index (χ0) is 20.8. The van der Waals surface area contributed by atoms with Gasteiger partial charge in [-0.2, -0.15) is 0 Å². The molecule has 1 aliphatic carbocycles. The zero-order valence-electron chi connectivity index (χ0n) is 17.9. The van der Waals surface area contributed by atoms with Crippen LogP contribution in [0.4, 0.5) is 0 Å². The lowest BCUT2D eigenvalue weighted by molar-refractivity contribution is -0.120. The Balaban J connectivity index is 1.48. The third-order valence-electron chi connectivity index (χ3n) is 6.14. The molecule has 2 aliphatic rings. The lowest BCUT2D eigenvalue weighted by Crippen LogP contribution is -2.37. The summed E-state index contributed by atoms with van der Waals surface area (Å²) in [5.41, 5.74) is 1.22. The summed E-state index contributed by atoms with van der Waals surface area (Å²) in [5.74, 6) is 1.10. The molecule has 7 heteroatoms. The van der Waals surface area contributed by atoms with Crippen LogP contribution in [0.5, 0.6) is 0 Å². The predicted molar refractivity (Wildman–Crippen MR) is 120 cm³/mol. The van der Waals surface area contributed by atoms with Gasteiger partial charge in [-0.25, -0.2) is 0 Å². The fourth-order valence-corrected chi connectivity index (χ4v) is 5.24. The number of thioether (sulfide) groups is 1. The second kappa shape index (κ2) is 10.4. The van der Waals surface area contributed by atoms with E-state index in [0.717, 1.165) is 50.0 Å². The zero-order valence-corrected chi connectivity index (χ0v) is 18.7. The number of nitrogens with zero attached hydrogens (tertiary/aromatic N) is 4. The van der Waals surface area contributed by atoms with E-state index in [4.69, 9.17) is 0 Å². The van der Waals surface area contributed by atoms with Gasteiger partial charge in [0, 0.05) is 6.04 Å². The molecule has 1 aromatic carbocycles. The van der Waals surface area contributed by atoms with Crippen molar-refractivity contribution >= 4 is 17.7 Å². The number of piperidine rings is 1. The number of carbonyl (C=O) groups excluding carboxylic acids is 1. The molecule has 1 unspecified atom stereocenters. The second-order valence-corrected chi connectivity index (χ2v) is 9.87. The SMILES string of the molecule is CC(Sc1nnc(CN2CCCCC2)n1Cc1ccccc1)C(=O)NC1CCCC1. The van der Waals surface area contributed by atoms with Gasteiger partial charge in [-0.15, -0.1) is 10.2 Å². The number of carbonyl (C=O) groups is 1. The molecule has 0 bridgehead atoms. The van der Waals surface area contributed by atoms with Crippen LogP contribution in [0.15, 0.2) is 35.5 Å². The highest BCUT2D eigenvalue weighted by Crippen LogP contribution is 2.26. The van der Waals surface area contributed by atoms with Crippen molar-refractivity contribution in [2.75, 3.05) is 13.1 Å². The molecule has 1 N–H and O–H groups in total. The van der Waals surface area contributed by atoms with Gasteiger partial charge in [0.1, 0.15) is 5.82 Å². The largest absolute Gasteiger partial charge is 0.352 e. The van der Waals surface area contributed by atoms with E-state index < -0.39 is 0 Å². The predicted octanol–water partition coefficient (Wildman–Crippen LogP) is 3.85. The minimum absolute atomic E-state index is 0.110. The molecule has 2 aromatic rings. The maximum Gasteiger partial charge on any atom is 0.233 e. The topological polar surface area (TPSA) is 63.1 Å². The van der Waals surface area contributed by atoms with Gasteiger partial charge in [-0.3, -0.25) is 9.69 Å². The molecule has 4 rings (SSSR count). The number of likely N-dealkylation sites (tertiary alicyclic amines) is 1. The normalized spacial score (nSPS) is 19.1. The molecule has 2 heterocycles. The number of amides is 1. The maximum absolute atomic E-state index is 12.7. The Kier molecular flexibility index (Phi) is 7.44. The highest BCUT2D eigenvalue weighted by molar-refractivity contribution is 8.00. The average Bonchev–Trinajstić information content (AvgIpc) is 3.41. The highest BCUT2D eigenvalue weighted by atomic mass is 32.2. The van der Waals surface area contributed by atoms with Crippen molar-refractivity contribution in [1.82, 2.24) is 25.0 Å². The molecule has 0 radical (unpaired) electrons. The molecule has 1 saturated carbocycles. The van der Waals surface area contributed by atoms with Gasteiger partial charge in [0.25, 0.3) is 0 Å². The maximum atomic E-state index is 12.7. The van der Waals surface area contributed by atoms with Crippen LogP contribution in [0.3, 0.4) is 0 Å². The van der Waals surface area contributed by atoms with Crippen molar-refractivity contribution in [1.29, 1.82) is 0 Å². The van der Waals surface area contributed by atoms with Gasteiger partial charge in [-0.05, 0) is 51.3 Å². The molecule has 1 atom stereocenters. The Morgan fingerprint density at radius 3 is 2.53 bits per heavy atom. The first-order chi connectivity index (χ1) is 14.7. The molecule has 0 spiro atoms. The fourth-order valence-electron chi connectivity index (χ4n) is 4.37. The minimum atomic E-state index is -0.188. The van der Waals surface area contributed by atoms with Crippen molar-refractivity contribution in [2.45, 2.75) is 81.4 Å². The molecule has 30 heavy (non-hydrogen) atoms. The van der Waals surface area contributed by atoms with Gasteiger partial charge < -0.3 is 9.88 Å². The van der Waals surface area contributed by atoms with Crippen molar-refractivity contribution in [2.24, 2.45) is 0 Å². The van der Waals surface area contributed by atoms with E-state index in [9.17, 15) is 4.79 Å². The van der Waals surface area contributed by atoms with E-state index in [-0.39, 0.29) is 11.2 Å². The number of aromatic nitrogens is 3. The Bertz CT molecular complexity index is 812. The fraction of sp³-hybridized carbons (Fsp3) is 0.609. The van der Waals surface area contributed by atoms with Gasteiger partial charge in [0.15, 0.2) is 5.16 Å². The second-order valence-electron chi connectivity index (χ2n) is 8.56. The summed E-state index contributed by atoms with van der Waals surface area (Å²) in [6.45, 7) is 5.78. The molecular weight excluding hydrogens is 394 g/mol. The summed E-state index contributed by atoms with van der Waals surface area (Å²) in [6.07, 6.45) is 8.48. The van der Waals surface area contributed by atoms with Crippen LogP contribution >= 0.6 is 11.8 Å². The van der Waals surface area contributed by atoms with Crippen LogP contribution in [0, 0.1) is 0 Å². The first kappa shape index (κ1) is 21.4. The Morgan fingerprint density at radius 2 is 1.80 bits per heavy atom. The molecule has 1 amide bonds. The number of benzene rings is 1. The van der Waals surface area contributed by atoms with Gasteiger partial charge in [0.2, 0.25) is 5.91 Å². The average molecular weight is 428 g/mol. The molecule has 6 nitrogen and oxygen atoms in total. The summed E-state index contributed by atoms with van der Waals surface area (Å²) >= 11 is 1.52. The van der Waals surface area contributed by atoms with Crippen LogP contribution < -0.4 is 5.32 Å². The standard InChI is InChI=1S/C23H33N5OS/c1-18(22(29)24-20-12-6-7-13-20)30-23-26-25-21(17-27-14-8-3-9-15-27)28(23)16-19-10-4-2-5-11-19/h2,4-5,10-11,18,20H,3,6-9,12-17H2,1H3,(H,24,29). The van der Waals surface area contributed by atoms with Crippen molar-refractivity contribution in [3.8, 4) is 0 Å². The number of nitrogens with one attached hydrogen (secondary N) is 1. The summed E-state index contributed by atoms with van der Waals surface area (Å²) in [6, 6.07) is 10.8. The number of rotatable bonds is 8. The van der Waals surface area contributed by atoms with Crippen molar-refractivity contribution in [3.05, 3.63) is 41.7 Å². The smallest absolute Gasteiger partial charge is 0.233 e. The van der Waals surface area contributed by atoms with Crippen molar-refractivity contribution < 1.29 is 4.79 Å². The van der Waals surface area contributed by atoms with E-state index in [1.807, 2.05) is 13.0 Å². The summed E-state index contributed by atoms with van der Waals surface area (Å²) in [7, 11) is 0. The summed E-state index contributed by atoms with van der Waals surface area (Å²) < 4.78 is 2.20. The first-order valence-electron chi connectivity index (χ1n) is 11.3. The van der Waals surface area contributed by atoms with E-state index in [1.165, 1.54) is 49.4 Å². The number of hydrogen-bond acceptors (Lipinski definition) is 5. The first-order valence-corrected chi connectivity index (χ1v) is 12.2. The van der Waals surface area contributed by atoms with E-state index in [2.05, 4.69) is 49.2 Å². The van der Waals surface area contributed by atoms with Gasteiger partial charge >= 0.3 is 0 Å². The molecular formula is C23H33N5OS. The Morgan fingerprint density at radius 1 is 1.07 bits per heavy atom. The van der Waals surface area contributed by atoms with E-state index >= 15 is 0 Å². The molecule has 1 saturated heterocycles. The quantitative estimate of drug-likeness (QED) is 0.649. The lowest BCUT2D eigenvalue weighted by Gasteiger charge is -2.26. The third-order valence-corrected chi connectivity index (χ3v) is 7.22. The molecule has 2 fully saturated rings. The molecule has 162 valence electrons. The Labute approximate surface area is 183 Å². The van der Waals surface area contributed by atoms with Crippen LogP contribution in [0.2, 0.25) is 0 Å². The van der Waals surface area contributed by atoms with Crippen LogP contribution in [0.25, 0.3) is 0 Å². The van der Waals surface area contributed by atoms with E-state index in [1.54, 1.807) is 0 Å². The highest BCUT2D eigenvalue weighted by Gasteiger charge is 2.24. The molecule has 1 aromatic heterocycles. The minimum Gasteiger partial charge on any atom is -0.352 e. The summed E-state index contributed by atoms with van der Waals surface area (Å²) in [4.78, 5) is 15.2. The third kappa shape index (κ3) is 5.64. The van der Waals surface area contributed by atoms with Crippen molar-refractivity contribution in [3.63, 3.8) is 0 Å². The molecule has 1 aliphatic heterocycles. The van der Waals surface area contributed by atoms with E-state index in [0.29, 0.717) is 6.04 Å². The van der Waals surface area contributed by atoms with Gasteiger partial charge in [-0.1, -0.05) is 61.4 Å². The van der Waals surface area contributed by atoms with Crippen LogP contribution in [-0.2, 0) is 17.9 Å². The van der Waals surface area contributed by atoms with Crippen LogP contribution in [-0.4, -0.2) is 50.0 Å². The summed E-state index contributed by atoms with van der Waals surface area (Å²) in [5, 5.41) is 12.9. The number of hydrogen-bond donors (Lipinski definition) is 1. The Hall–Kier alpha value is -1.86. The lowest BCUT2D eigenvalue weighted by atomic mass is 10.1. The monoisotopic (exact) mass is 427 g/mol. The van der Waals surface area contributed by atoms with Crippen LogP contribution in [0.1, 0.15) is 63.3 Å².